The Bertz CT molecular complexity index is 2220. The zero-order valence-electron chi connectivity index (χ0n) is 23.6. The molecule has 216 valence electrons. The SMILES string of the molecule is CCOC(=O)C1=C(c2ccccc2)N=c2s/c(=C\c3ccc4c(c3)n(C)c(=O)n4C)c(=O)n2[C@@H]1c1ccc2c(c1)OCO2. The number of nitrogens with zero attached hydrogens (tertiary/aromatic N) is 4. The van der Waals surface area contributed by atoms with Crippen molar-refractivity contribution in [2.75, 3.05) is 13.4 Å². The van der Waals surface area contributed by atoms with Crippen molar-refractivity contribution >= 4 is 40.1 Å². The summed E-state index contributed by atoms with van der Waals surface area (Å²) in [6, 6.07) is 19.6. The summed E-state index contributed by atoms with van der Waals surface area (Å²) in [5, 5.41) is 0. The molecule has 11 heteroatoms. The maximum absolute atomic E-state index is 14.2. The van der Waals surface area contributed by atoms with Crippen LogP contribution in [0.2, 0.25) is 0 Å². The van der Waals surface area contributed by atoms with E-state index in [2.05, 4.69) is 0 Å². The maximum Gasteiger partial charge on any atom is 0.338 e. The fraction of sp³-hybridized carbons (Fsp3) is 0.188. The third kappa shape index (κ3) is 4.31. The van der Waals surface area contributed by atoms with E-state index in [-0.39, 0.29) is 30.2 Å². The van der Waals surface area contributed by atoms with Gasteiger partial charge in [-0.1, -0.05) is 53.8 Å². The molecule has 0 fully saturated rings. The van der Waals surface area contributed by atoms with E-state index in [4.69, 9.17) is 19.2 Å². The second-order valence-corrected chi connectivity index (χ2v) is 11.2. The number of thiazole rings is 1. The lowest BCUT2D eigenvalue weighted by Gasteiger charge is -2.26. The molecule has 0 saturated heterocycles. The second-order valence-electron chi connectivity index (χ2n) is 10.2. The van der Waals surface area contributed by atoms with Gasteiger partial charge in [0, 0.05) is 19.7 Å². The Kier molecular flexibility index (Phi) is 6.39. The molecule has 0 amide bonds. The quantitative estimate of drug-likeness (QED) is 0.290. The lowest BCUT2D eigenvalue weighted by atomic mass is 9.93. The second kappa shape index (κ2) is 10.3. The number of aryl methyl sites for hydroxylation is 2. The third-order valence-corrected chi connectivity index (χ3v) is 8.66. The first-order valence-electron chi connectivity index (χ1n) is 13.7. The van der Waals surface area contributed by atoms with Gasteiger partial charge >= 0.3 is 11.7 Å². The summed E-state index contributed by atoms with van der Waals surface area (Å²) in [5.74, 6) is 0.562. The van der Waals surface area contributed by atoms with Crippen molar-refractivity contribution in [2.45, 2.75) is 13.0 Å². The first-order chi connectivity index (χ1) is 20.9. The Hall–Kier alpha value is -5.16. The van der Waals surface area contributed by atoms with E-state index < -0.39 is 12.0 Å². The molecule has 0 unspecified atom stereocenters. The predicted molar refractivity (Wildman–Crippen MR) is 162 cm³/mol. The Labute approximate surface area is 248 Å². The van der Waals surface area contributed by atoms with Gasteiger partial charge in [-0.25, -0.2) is 14.6 Å². The van der Waals surface area contributed by atoms with E-state index in [0.29, 0.717) is 32.1 Å². The molecule has 2 aromatic heterocycles. The molecular formula is C32H26N4O6S. The van der Waals surface area contributed by atoms with Crippen molar-refractivity contribution in [3.05, 3.63) is 119 Å². The molecule has 0 bridgehead atoms. The van der Waals surface area contributed by atoms with Crippen LogP contribution in [0.3, 0.4) is 0 Å². The van der Waals surface area contributed by atoms with Crippen LogP contribution in [0.25, 0.3) is 22.8 Å². The third-order valence-electron chi connectivity index (χ3n) is 7.68. The number of rotatable bonds is 5. The number of benzene rings is 3. The zero-order valence-corrected chi connectivity index (χ0v) is 24.4. The van der Waals surface area contributed by atoms with Crippen LogP contribution in [0.15, 0.2) is 86.9 Å². The number of aromatic nitrogens is 3. The van der Waals surface area contributed by atoms with Gasteiger partial charge in [0.15, 0.2) is 16.3 Å². The lowest BCUT2D eigenvalue weighted by molar-refractivity contribution is -0.138. The van der Waals surface area contributed by atoms with Gasteiger partial charge in [0.1, 0.15) is 0 Å². The number of fused-ring (bicyclic) bond motifs is 3. The highest BCUT2D eigenvalue weighted by atomic mass is 32.1. The van der Waals surface area contributed by atoms with Crippen molar-refractivity contribution in [3.63, 3.8) is 0 Å². The van der Waals surface area contributed by atoms with Crippen LogP contribution in [-0.2, 0) is 23.6 Å². The number of imidazole rings is 1. The molecule has 7 rings (SSSR count). The Morgan fingerprint density at radius 3 is 2.56 bits per heavy atom. The van der Waals surface area contributed by atoms with Crippen molar-refractivity contribution in [1.29, 1.82) is 0 Å². The molecule has 0 N–H and O–H groups in total. The number of esters is 1. The van der Waals surface area contributed by atoms with Gasteiger partial charge < -0.3 is 14.2 Å². The Morgan fingerprint density at radius 1 is 1.00 bits per heavy atom. The maximum atomic E-state index is 14.2. The molecule has 0 aliphatic carbocycles. The fourth-order valence-corrected chi connectivity index (χ4v) is 6.60. The number of carbonyl (C=O) groups is 1. The van der Waals surface area contributed by atoms with Crippen molar-refractivity contribution in [1.82, 2.24) is 13.7 Å². The van der Waals surface area contributed by atoms with Crippen LogP contribution in [0.4, 0.5) is 0 Å². The molecule has 5 aromatic rings. The molecule has 4 heterocycles. The monoisotopic (exact) mass is 594 g/mol. The van der Waals surface area contributed by atoms with Crippen molar-refractivity contribution in [2.24, 2.45) is 19.1 Å². The fourth-order valence-electron chi connectivity index (χ4n) is 5.60. The molecule has 0 radical (unpaired) electrons. The standard InChI is InChI=1S/C32H26N4O6S/c1-4-40-30(38)26-27(19-8-6-5-7-9-19)33-31-36(28(26)20-11-13-23-24(16-20)42-17-41-23)29(37)25(43-31)15-18-10-12-21-22(14-18)35(3)32(39)34(21)2/h5-16,28H,4,17H2,1-3H3/b25-15-/t28-/m1/s1. The van der Waals surface area contributed by atoms with Gasteiger partial charge in [-0.3, -0.25) is 18.5 Å². The van der Waals surface area contributed by atoms with E-state index >= 15 is 0 Å². The highest BCUT2D eigenvalue weighted by molar-refractivity contribution is 7.07. The van der Waals surface area contributed by atoms with Crippen LogP contribution >= 0.6 is 11.3 Å². The average Bonchev–Trinajstić information content (AvgIpc) is 3.68. The van der Waals surface area contributed by atoms with Gasteiger partial charge in [0.05, 0.1) is 39.5 Å². The van der Waals surface area contributed by atoms with E-state index in [1.807, 2.05) is 54.6 Å². The molecule has 0 spiro atoms. The number of hydrogen-bond donors (Lipinski definition) is 0. The van der Waals surface area contributed by atoms with E-state index in [9.17, 15) is 14.4 Å². The molecule has 3 aromatic carbocycles. The lowest BCUT2D eigenvalue weighted by Crippen LogP contribution is -2.40. The molecule has 2 aliphatic heterocycles. The number of ether oxygens (including phenoxy) is 3. The van der Waals surface area contributed by atoms with Crippen LogP contribution in [-0.4, -0.2) is 33.1 Å². The Balaban J connectivity index is 1.49. The molecule has 0 saturated carbocycles. The topological polar surface area (TPSA) is 106 Å². The summed E-state index contributed by atoms with van der Waals surface area (Å²) in [6.45, 7) is 1.99. The average molecular weight is 595 g/mol. The highest BCUT2D eigenvalue weighted by Crippen LogP contribution is 2.40. The highest BCUT2D eigenvalue weighted by Gasteiger charge is 2.36. The molecule has 43 heavy (non-hydrogen) atoms. The minimum absolute atomic E-state index is 0.0920. The molecule has 2 aliphatic rings. The first-order valence-corrected chi connectivity index (χ1v) is 14.5. The van der Waals surface area contributed by atoms with Crippen molar-refractivity contribution < 1.29 is 19.0 Å². The summed E-state index contributed by atoms with van der Waals surface area (Å²) in [7, 11) is 3.44. The van der Waals surface area contributed by atoms with E-state index in [1.54, 1.807) is 52.9 Å². The Morgan fingerprint density at radius 2 is 1.77 bits per heavy atom. The van der Waals surface area contributed by atoms with E-state index in [0.717, 1.165) is 22.2 Å². The zero-order chi connectivity index (χ0) is 29.8. The molecule has 1 atom stereocenters. The summed E-state index contributed by atoms with van der Waals surface area (Å²) >= 11 is 1.24. The minimum atomic E-state index is -0.834. The summed E-state index contributed by atoms with van der Waals surface area (Å²) in [6.07, 6.45) is 1.79. The predicted octanol–water partition coefficient (Wildman–Crippen LogP) is 2.85. The van der Waals surface area contributed by atoms with Crippen LogP contribution in [0.5, 0.6) is 11.5 Å². The van der Waals surface area contributed by atoms with Gasteiger partial charge in [-0.2, -0.15) is 0 Å². The smallest absolute Gasteiger partial charge is 0.338 e. The summed E-state index contributed by atoms with van der Waals surface area (Å²) in [4.78, 5) is 45.6. The van der Waals surface area contributed by atoms with Crippen LogP contribution < -0.4 is 30.1 Å². The van der Waals surface area contributed by atoms with Crippen LogP contribution in [0.1, 0.15) is 29.7 Å². The largest absolute Gasteiger partial charge is 0.463 e. The van der Waals surface area contributed by atoms with Crippen LogP contribution in [0, 0.1) is 0 Å². The number of hydrogen-bond acceptors (Lipinski definition) is 8. The molecule has 10 nitrogen and oxygen atoms in total. The van der Waals surface area contributed by atoms with Crippen molar-refractivity contribution in [3.8, 4) is 11.5 Å². The first kappa shape index (κ1) is 26.7. The summed E-state index contributed by atoms with van der Waals surface area (Å²) < 4.78 is 21.8. The van der Waals surface area contributed by atoms with E-state index in [1.165, 1.54) is 11.3 Å². The van der Waals surface area contributed by atoms with Gasteiger partial charge in [0.2, 0.25) is 6.79 Å². The molecular weight excluding hydrogens is 568 g/mol. The van der Waals surface area contributed by atoms with Gasteiger partial charge in [-0.05, 0) is 48.4 Å². The minimum Gasteiger partial charge on any atom is -0.463 e. The van der Waals surface area contributed by atoms with Gasteiger partial charge in [0.25, 0.3) is 5.56 Å². The normalized spacial score (nSPS) is 16.0. The number of carbonyl (C=O) groups excluding carboxylic acids is 1. The summed E-state index contributed by atoms with van der Waals surface area (Å²) in [5.41, 5.74) is 3.95. The van der Waals surface area contributed by atoms with Gasteiger partial charge in [-0.15, -0.1) is 0 Å².